The number of carbonyl (C=O) groups excluding carboxylic acids is 1. The summed E-state index contributed by atoms with van der Waals surface area (Å²) >= 11 is 1.91. The van der Waals surface area contributed by atoms with Gasteiger partial charge in [0.25, 0.3) is 5.91 Å². The van der Waals surface area contributed by atoms with Gasteiger partial charge in [0.1, 0.15) is 5.75 Å². The average Bonchev–Trinajstić information content (AvgIpc) is 3.15. The number of fused-ring (bicyclic) bond motifs is 1. The van der Waals surface area contributed by atoms with E-state index in [0.29, 0.717) is 23.2 Å². The van der Waals surface area contributed by atoms with Gasteiger partial charge in [0, 0.05) is 17.5 Å². The van der Waals surface area contributed by atoms with Crippen molar-refractivity contribution >= 4 is 33.4 Å². The van der Waals surface area contributed by atoms with Gasteiger partial charge in [-0.3, -0.25) is 9.10 Å². The van der Waals surface area contributed by atoms with Gasteiger partial charge in [0.05, 0.1) is 18.5 Å². The predicted octanol–water partition coefficient (Wildman–Crippen LogP) is 3.30. The van der Waals surface area contributed by atoms with Crippen LogP contribution in [0.2, 0.25) is 0 Å². The molecule has 0 unspecified atom stereocenters. The van der Waals surface area contributed by atoms with E-state index < -0.39 is 16.1 Å². The quantitative estimate of drug-likeness (QED) is 0.687. The molecule has 0 radical (unpaired) electrons. The van der Waals surface area contributed by atoms with Gasteiger partial charge in [-0.1, -0.05) is 39.7 Å². The van der Waals surface area contributed by atoms with Gasteiger partial charge in [0.15, 0.2) is 6.10 Å². The summed E-state index contributed by atoms with van der Waals surface area (Å²) in [6.45, 7) is 6.77. The molecule has 1 heterocycles. The number of anilines is 1. The van der Waals surface area contributed by atoms with Crippen molar-refractivity contribution in [3.8, 4) is 5.75 Å². The first kappa shape index (κ1) is 22.3. The molecule has 162 valence electrons. The van der Waals surface area contributed by atoms with Gasteiger partial charge in [0.2, 0.25) is 10.0 Å². The van der Waals surface area contributed by atoms with Gasteiger partial charge >= 0.3 is 0 Å². The van der Waals surface area contributed by atoms with E-state index in [9.17, 15) is 13.2 Å². The predicted molar refractivity (Wildman–Crippen MR) is 119 cm³/mol. The van der Waals surface area contributed by atoms with E-state index in [1.54, 1.807) is 6.07 Å². The maximum absolute atomic E-state index is 12.6. The summed E-state index contributed by atoms with van der Waals surface area (Å²) in [6, 6.07) is 5.55. The van der Waals surface area contributed by atoms with Crippen molar-refractivity contribution in [1.82, 2.24) is 5.32 Å². The van der Waals surface area contributed by atoms with Crippen molar-refractivity contribution in [3.63, 3.8) is 0 Å². The highest BCUT2D eigenvalue weighted by Crippen LogP contribution is 2.38. The highest BCUT2D eigenvalue weighted by molar-refractivity contribution is 7.99. The molecule has 8 heteroatoms. The molecule has 6 nitrogen and oxygen atoms in total. The molecular formula is C21H32N2O4S2. The third-order valence-corrected chi connectivity index (χ3v) is 7.97. The van der Waals surface area contributed by atoms with Crippen molar-refractivity contribution in [2.75, 3.05) is 29.4 Å². The normalized spacial score (nSPS) is 20.3. The SMILES string of the molecule is CC(C)(C)c1ccc2c(c1)N(S(C)(=O)=O)C[C@H](C(=O)NCCSC1CCCC1)O2. The van der Waals surface area contributed by atoms with Crippen LogP contribution in [0, 0.1) is 0 Å². The van der Waals surface area contributed by atoms with Crippen molar-refractivity contribution in [1.29, 1.82) is 0 Å². The molecule has 0 aromatic heterocycles. The Bertz CT molecular complexity index is 843. The van der Waals surface area contributed by atoms with Crippen LogP contribution in [0.4, 0.5) is 5.69 Å². The fourth-order valence-corrected chi connectivity index (χ4v) is 5.86. The minimum Gasteiger partial charge on any atom is -0.476 e. The lowest BCUT2D eigenvalue weighted by molar-refractivity contribution is -0.127. The van der Waals surface area contributed by atoms with Gasteiger partial charge in [-0.2, -0.15) is 11.8 Å². The third kappa shape index (κ3) is 5.60. The van der Waals surface area contributed by atoms with Crippen LogP contribution in [0.1, 0.15) is 52.0 Å². The molecule has 0 saturated heterocycles. The lowest BCUT2D eigenvalue weighted by Crippen LogP contribution is -2.50. The monoisotopic (exact) mass is 440 g/mol. The van der Waals surface area contributed by atoms with Crippen LogP contribution in [-0.2, 0) is 20.2 Å². The molecular weight excluding hydrogens is 408 g/mol. The van der Waals surface area contributed by atoms with E-state index in [1.807, 2.05) is 23.9 Å². The molecule has 2 aliphatic rings. The van der Waals surface area contributed by atoms with Crippen LogP contribution >= 0.6 is 11.8 Å². The maximum Gasteiger partial charge on any atom is 0.263 e. The zero-order chi connectivity index (χ0) is 21.2. The van der Waals surface area contributed by atoms with Crippen molar-refractivity contribution in [2.45, 2.75) is 63.2 Å². The molecule has 1 N–H and O–H groups in total. The van der Waals surface area contributed by atoms with Gasteiger partial charge < -0.3 is 10.1 Å². The second-order valence-corrected chi connectivity index (χ2v) is 12.2. The summed E-state index contributed by atoms with van der Waals surface area (Å²) < 4.78 is 32.0. The molecule has 1 fully saturated rings. The largest absolute Gasteiger partial charge is 0.476 e. The molecule has 0 bridgehead atoms. The van der Waals surface area contributed by atoms with Gasteiger partial charge in [-0.05, 0) is 36.0 Å². The fourth-order valence-electron chi connectivity index (χ4n) is 3.74. The summed E-state index contributed by atoms with van der Waals surface area (Å²) in [4.78, 5) is 12.6. The number of nitrogens with one attached hydrogen (secondary N) is 1. The molecule has 0 spiro atoms. The summed E-state index contributed by atoms with van der Waals surface area (Å²) in [5, 5.41) is 3.62. The van der Waals surface area contributed by atoms with Crippen molar-refractivity contribution in [2.24, 2.45) is 0 Å². The molecule has 1 aromatic rings. The molecule has 1 aliphatic heterocycles. The first-order chi connectivity index (χ1) is 13.6. The zero-order valence-corrected chi connectivity index (χ0v) is 19.4. The van der Waals surface area contributed by atoms with E-state index in [1.165, 1.54) is 36.2 Å². The van der Waals surface area contributed by atoms with Crippen molar-refractivity contribution < 1.29 is 17.9 Å². The third-order valence-electron chi connectivity index (χ3n) is 5.44. The fraction of sp³-hybridized carbons (Fsp3) is 0.667. The number of rotatable bonds is 6. The minimum absolute atomic E-state index is 0.0129. The number of hydrogen-bond donors (Lipinski definition) is 1. The van der Waals surface area contributed by atoms with Crippen LogP contribution in [-0.4, -0.2) is 50.8 Å². The van der Waals surface area contributed by atoms with E-state index in [-0.39, 0.29) is 17.9 Å². The highest BCUT2D eigenvalue weighted by atomic mass is 32.2. The number of ether oxygens (including phenoxy) is 1. The smallest absolute Gasteiger partial charge is 0.263 e. The van der Waals surface area contributed by atoms with Gasteiger partial charge in [-0.25, -0.2) is 8.42 Å². The number of sulfonamides is 1. The van der Waals surface area contributed by atoms with Crippen LogP contribution in [0.25, 0.3) is 0 Å². The second kappa shape index (κ2) is 8.76. The van der Waals surface area contributed by atoms with E-state index in [0.717, 1.165) is 11.3 Å². The second-order valence-electron chi connectivity index (χ2n) is 8.90. The zero-order valence-electron chi connectivity index (χ0n) is 17.7. The molecule has 1 amide bonds. The average molecular weight is 441 g/mol. The Hall–Kier alpha value is -1.41. The van der Waals surface area contributed by atoms with E-state index in [4.69, 9.17) is 4.74 Å². The van der Waals surface area contributed by atoms with Crippen molar-refractivity contribution in [3.05, 3.63) is 23.8 Å². The first-order valence-corrected chi connectivity index (χ1v) is 13.1. The molecule has 29 heavy (non-hydrogen) atoms. The number of benzene rings is 1. The van der Waals surface area contributed by atoms with Crippen LogP contribution in [0.5, 0.6) is 5.75 Å². The Labute approximate surface area is 178 Å². The topological polar surface area (TPSA) is 75.7 Å². The summed E-state index contributed by atoms with van der Waals surface area (Å²) in [7, 11) is -3.53. The molecule has 1 aliphatic carbocycles. The Morgan fingerprint density at radius 2 is 1.97 bits per heavy atom. The Morgan fingerprint density at radius 1 is 1.28 bits per heavy atom. The van der Waals surface area contributed by atoms with E-state index >= 15 is 0 Å². The van der Waals surface area contributed by atoms with Crippen LogP contribution in [0.15, 0.2) is 18.2 Å². The summed E-state index contributed by atoms with van der Waals surface area (Å²) in [5.74, 6) is 1.02. The number of nitrogens with zero attached hydrogens (tertiary/aromatic N) is 1. The summed E-state index contributed by atoms with van der Waals surface area (Å²) in [5.41, 5.74) is 1.39. The lowest BCUT2D eigenvalue weighted by atomic mass is 9.86. The van der Waals surface area contributed by atoms with E-state index in [2.05, 4.69) is 26.1 Å². The molecule has 3 rings (SSSR count). The summed E-state index contributed by atoms with van der Waals surface area (Å²) in [6.07, 6.45) is 5.45. The minimum atomic E-state index is -3.53. The molecule has 1 aromatic carbocycles. The molecule has 1 saturated carbocycles. The Morgan fingerprint density at radius 3 is 2.59 bits per heavy atom. The number of carbonyl (C=O) groups is 1. The molecule has 1 atom stereocenters. The lowest BCUT2D eigenvalue weighted by Gasteiger charge is -2.35. The number of thioether (sulfide) groups is 1. The highest BCUT2D eigenvalue weighted by Gasteiger charge is 2.35. The maximum atomic E-state index is 12.6. The Kier molecular flexibility index (Phi) is 6.73. The van der Waals surface area contributed by atoms with Gasteiger partial charge in [-0.15, -0.1) is 0 Å². The van der Waals surface area contributed by atoms with Crippen LogP contribution in [0.3, 0.4) is 0 Å². The van der Waals surface area contributed by atoms with Crippen LogP contribution < -0.4 is 14.4 Å². The Balaban J connectivity index is 1.68. The number of hydrogen-bond acceptors (Lipinski definition) is 5. The first-order valence-electron chi connectivity index (χ1n) is 10.2. The number of amides is 1. The standard InChI is InChI=1S/C21H32N2O4S2/c1-21(2,3)15-9-10-18-17(13-15)23(29(4,25)26)14-19(27-18)20(24)22-11-12-28-16-7-5-6-8-16/h9-10,13,16,19H,5-8,11-12,14H2,1-4H3,(H,22,24)/t19-/m1/s1.